The number of carboxylic acids is 1. The van der Waals surface area contributed by atoms with E-state index in [1.165, 1.54) is 25.7 Å². The van der Waals surface area contributed by atoms with E-state index in [4.69, 9.17) is 5.11 Å². The first-order valence-electron chi connectivity index (χ1n) is 7.82. The van der Waals surface area contributed by atoms with E-state index in [-0.39, 0.29) is 12.5 Å². The van der Waals surface area contributed by atoms with E-state index in [0.29, 0.717) is 5.41 Å². The average Bonchev–Trinajstić information content (AvgIpc) is 3.26. The second-order valence-corrected chi connectivity index (χ2v) is 7.00. The number of rotatable bonds is 6. The predicted molar refractivity (Wildman–Crippen MR) is 74.4 cm³/mol. The van der Waals surface area contributed by atoms with Crippen LogP contribution in [0, 0.1) is 11.3 Å². The number of carbonyl (C=O) groups is 2. The molecular weight excluding hydrogens is 256 g/mol. The Bertz CT molecular complexity index is 407. The third-order valence-corrected chi connectivity index (χ3v) is 5.37. The lowest BCUT2D eigenvalue weighted by Gasteiger charge is -2.29. The van der Waals surface area contributed by atoms with E-state index >= 15 is 0 Å². The molecular formula is C15H24N2O3. The highest BCUT2D eigenvalue weighted by Gasteiger charge is 2.53. The smallest absolute Gasteiger partial charge is 0.315 e. The van der Waals surface area contributed by atoms with Crippen LogP contribution in [0.5, 0.6) is 0 Å². The molecule has 3 fully saturated rings. The zero-order valence-corrected chi connectivity index (χ0v) is 11.9. The summed E-state index contributed by atoms with van der Waals surface area (Å²) in [5.41, 5.74) is -0.140. The van der Waals surface area contributed by atoms with Crippen LogP contribution in [0.15, 0.2) is 0 Å². The van der Waals surface area contributed by atoms with Crippen LogP contribution in [0.25, 0.3) is 0 Å². The van der Waals surface area contributed by atoms with Gasteiger partial charge in [0.25, 0.3) is 0 Å². The molecule has 0 saturated heterocycles. The maximum atomic E-state index is 12.1. The van der Waals surface area contributed by atoms with Crippen LogP contribution in [0.2, 0.25) is 0 Å². The van der Waals surface area contributed by atoms with Gasteiger partial charge in [-0.05, 0) is 49.9 Å². The van der Waals surface area contributed by atoms with E-state index in [1.54, 1.807) is 0 Å². The predicted octanol–water partition coefficient (Wildman–Crippen LogP) is 2.26. The highest BCUT2D eigenvalue weighted by atomic mass is 16.4. The molecule has 3 N–H and O–H groups in total. The second kappa shape index (κ2) is 4.93. The fraction of sp³-hybridized carbons (Fsp3) is 0.867. The molecule has 3 saturated carbocycles. The topological polar surface area (TPSA) is 78.4 Å². The number of amides is 2. The van der Waals surface area contributed by atoms with Crippen LogP contribution in [0.4, 0.5) is 4.79 Å². The summed E-state index contributed by atoms with van der Waals surface area (Å²) in [6, 6.07) is -0.180. The van der Waals surface area contributed by atoms with Crippen LogP contribution in [0.1, 0.15) is 57.8 Å². The van der Waals surface area contributed by atoms with Crippen LogP contribution in [-0.4, -0.2) is 29.2 Å². The number of aliphatic carboxylic acids is 1. The van der Waals surface area contributed by atoms with Gasteiger partial charge < -0.3 is 15.7 Å². The Morgan fingerprint density at radius 3 is 2.25 bits per heavy atom. The molecule has 2 amide bonds. The third kappa shape index (κ3) is 2.91. The minimum absolute atomic E-state index is 0.0359. The summed E-state index contributed by atoms with van der Waals surface area (Å²) in [7, 11) is 0. The van der Waals surface area contributed by atoms with Gasteiger partial charge in [-0.25, -0.2) is 4.79 Å². The van der Waals surface area contributed by atoms with Crippen molar-refractivity contribution in [2.45, 2.75) is 63.3 Å². The Kier molecular flexibility index (Phi) is 3.38. The number of urea groups is 1. The number of nitrogens with one attached hydrogen (secondary N) is 2. The summed E-state index contributed by atoms with van der Waals surface area (Å²) in [4.78, 5) is 23.1. The third-order valence-electron chi connectivity index (χ3n) is 5.37. The summed E-state index contributed by atoms with van der Waals surface area (Å²) in [5.74, 6) is -0.00824. The van der Waals surface area contributed by atoms with Crippen LogP contribution in [0.3, 0.4) is 0 Å². The fourth-order valence-corrected chi connectivity index (χ4v) is 3.81. The van der Waals surface area contributed by atoms with Crippen molar-refractivity contribution in [1.82, 2.24) is 10.6 Å². The van der Waals surface area contributed by atoms with Crippen LogP contribution in [-0.2, 0) is 4.79 Å². The van der Waals surface area contributed by atoms with Crippen molar-refractivity contribution in [3.05, 3.63) is 0 Å². The molecule has 3 aliphatic rings. The average molecular weight is 280 g/mol. The van der Waals surface area contributed by atoms with Gasteiger partial charge in [0, 0.05) is 6.54 Å². The van der Waals surface area contributed by atoms with Gasteiger partial charge in [0.05, 0.1) is 12.0 Å². The number of carboxylic acid groups (broad SMARTS) is 1. The van der Waals surface area contributed by atoms with Gasteiger partial charge in [0.1, 0.15) is 0 Å². The van der Waals surface area contributed by atoms with Gasteiger partial charge in [-0.1, -0.05) is 12.8 Å². The van der Waals surface area contributed by atoms with Crippen molar-refractivity contribution in [2.24, 2.45) is 11.3 Å². The summed E-state index contributed by atoms with van der Waals surface area (Å²) in [5, 5.41) is 15.0. The Balaban J connectivity index is 1.50. The van der Waals surface area contributed by atoms with Crippen LogP contribution >= 0.6 is 0 Å². The molecule has 0 aliphatic heterocycles. The SMILES string of the molecule is O=C(O)CC1(NC(=O)NCC2(C3CC3)CC2)CCCC1. The second-order valence-electron chi connectivity index (χ2n) is 7.00. The van der Waals surface area contributed by atoms with E-state index < -0.39 is 11.5 Å². The molecule has 0 aromatic carbocycles. The quantitative estimate of drug-likeness (QED) is 0.698. The van der Waals surface area contributed by atoms with Gasteiger partial charge in [-0.3, -0.25) is 4.79 Å². The lowest BCUT2D eigenvalue weighted by atomic mass is 9.93. The fourth-order valence-electron chi connectivity index (χ4n) is 3.81. The Morgan fingerprint density at radius 2 is 1.75 bits per heavy atom. The number of hydrogen-bond donors (Lipinski definition) is 3. The first-order valence-corrected chi connectivity index (χ1v) is 7.82. The molecule has 112 valence electrons. The van der Waals surface area contributed by atoms with Crippen molar-refractivity contribution < 1.29 is 14.7 Å². The van der Waals surface area contributed by atoms with E-state index in [9.17, 15) is 9.59 Å². The zero-order valence-electron chi connectivity index (χ0n) is 11.9. The molecule has 0 unspecified atom stereocenters. The molecule has 20 heavy (non-hydrogen) atoms. The van der Waals surface area contributed by atoms with Gasteiger partial charge in [0.15, 0.2) is 0 Å². The van der Waals surface area contributed by atoms with Crippen molar-refractivity contribution in [2.75, 3.05) is 6.54 Å². The number of carbonyl (C=O) groups excluding carboxylic acids is 1. The van der Waals surface area contributed by atoms with E-state index in [0.717, 1.165) is 38.1 Å². The maximum Gasteiger partial charge on any atom is 0.315 e. The van der Waals surface area contributed by atoms with Gasteiger partial charge in [0.2, 0.25) is 0 Å². The zero-order chi connectivity index (χ0) is 14.2. The van der Waals surface area contributed by atoms with Gasteiger partial charge in [-0.15, -0.1) is 0 Å². The largest absolute Gasteiger partial charge is 0.481 e. The molecule has 0 aromatic heterocycles. The number of hydrogen-bond acceptors (Lipinski definition) is 2. The Labute approximate surface area is 119 Å². The first-order chi connectivity index (χ1) is 9.54. The molecule has 5 nitrogen and oxygen atoms in total. The Hall–Kier alpha value is -1.26. The highest BCUT2D eigenvalue weighted by molar-refractivity contribution is 5.77. The molecule has 0 spiro atoms. The van der Waals surface area contributed by atoms with Crippen molar-refractivity contribution in [3.63, 3.8) is 0 Å². The lowest BCUT2D eigenvalue weighted by Crippen LogP contribution is -2.52. The van der Waals surface area contributed by atoms with E-state index in [2.05, 4.69) is 10.6 Å². The molecule has 0 aromatic rings. The van der Waals surface area contributed by atoms with Crippen molar-refractivity contribution in [3.8, 4) is 0 Å². The van der Waals surface area contributed by atoms with Crippen molar-refractivity contribution >= 4 is 12.0 Å². The highest BCUT2D eigenvalue weighted by Crippen LogP contribution is 2.60. The Morgan fingerprint density at radius 1 is 1.10 bits per heavy atom. The van der Waals surface area contributed by atoms with E-state index in [1.807, 2.05) is 0 Å². The molecule has 0 atom stereocenters. The van der Waals surface area contributed by atoms with Crippen LogP contribution < -0.4 is 10.6 Å². The minimum Gasteiger partial charge on any atom is -0.481 e. The lowest BCUT2D eigenvalue weighted by molar-refractivity contribution is -0.138. The monoisotopic (exact) mass is 280 g/mol. The molecule has 0 radical (unpaired) electrons. The standard InChI is InChI=1S/C15H24N2O3/c18-12(19)9-15(5-1-2-6-15)17-13(20)16-10-14(7-8-14)11-3-4-11/h11H,1-10H2,(H,18,19)(H2,16,17,20). The molecule has 0 heterocycles. The van der Waals surface area contributed by atoms with Gasteiger partial charge in [-0.2, -0.15) is 0 Å². The molecule has 3 rings (SSSR count). The van der Waals surface area contributed by atoms with Gasteiger partial charge >= 0.3 is 12.0 Å². The molecule has 3 aliphatic carbocycles. The minimum atomic E-state index is -0.830. The first kappa shape index (κ1) is 13.7. The summed E-state index contributed by atoms with van der Waals surface area (Å²) >= 11 is 0. The molecule has 5 heteroatoms. The maximum absolute atomic E-state index is 12.1. The van der Waals surface area contributed by atoms with Crippen molar-refractivity contribution in [1.29, 1.82) is 0 Å². The summed E-state index contributed by atoms with van der Waals surface area (Å²) < 4.78 is 0. The normalized spacial score (nSPS) is 26.0. The summed E-state index contributed by atoms with van der Waals surface area (Å²) in [6.45, 7) is 0.757. The molecule has 0 bridgehead atoms. The summed E-state index contributed by atoms with van der Waals surface area (Å²) in [6.07, 6.45) is 8.68.